The fourth-order valence-corrected chi connectivity index (χ4v) is 5.02. The van der Waals surface area contributed by atoms with E-state index in [0.717, 1.165) is 29.0 Å². The first-order chi connectivity index (χ1) is 15.3. The van der Waals surface area contributed by atoms with Crippen molar-refractivity contribution in [3.05, 3.63) is 89.7 Å². The van der Waals surface area contributed by atoms with Crippen LogP contribution in [0.5, 0.6) is 0 Å². The largest absolute Gasteiger partial charge is 0.334 e. The monoisotopic (exact) mass is 686 g/mol. The predicted octanol–water partition coefficient (Wildman–Crippen LogP) is 7.38. The summed E-state index contributed by atoms with van der Waals surface area (Å²) < 4.78 is 3.39. The van der Waals surface area contributed by atoms with Gasteiger partial charge in [0.1, 0.15) is 0 Å². The van der Waals surface area contributed by atoms with Crippen molar-refractivity contribution in [1.29, 1.82) is 0 Å². The molecule has 6 nitrogen and oxygen atoms in total. The minimum Gasteiger partial charge on any atom is -0.334 e. The highest BCUT2D eigenvalue weighted by Crippen LogP contribution is 2.27. The number of carbonyl (C=O) groups excluding carboxylic acids is 2. The standard InChI is InChI=1S/C22H18Br4N4O2/c23-15-4-6-19(17(25)9-15)29-21(31)27-11-13-2-1-3-14(8-13)12-28-22(32)30-20-7-5-16(24)10-18(20)26/h1-10H,11-12H2,(H2,27,29,31)(H2,28,30,32). The summed E-state index contributed by atoms with van der Waals surface area (Å²) >= 11 is 13.6. The van der Waals surface area contributed by atoms with Gasteiger partial charge in [-0.15, -0.1) is 0 Å². The van der Waals surface area contributed by atoms with Gasteiger partial charge in [0.2, 0.25) is 0 Å². The first-order valence-electron chi connectivity index (χ1n) is 9.38. The molecule has 0 spiro atoms. The summed E-state index contributed by atoms with van der Waals surface area (Å²) in [6.45, 7) is 0.706. The Kier molecular flexibility index (Phi) is 9.15. The SMILES string of the molecule is O=C(NCc1cccc(CNC(=O)Nc2ccc(Br)cc2Br)c1)Nc1ccc(Br)cc1Br. The summed E-state index contributed by atoms with van der Waals surface area (Å²) in [6.07, 6.45) is 0. The van der Waals surface area contributed by atoms with Crippen LogP contribution in [0, 0.1) is 0 Å². The zero-order chi connectivity index (χ0) is 23.1. The van der Waals surface area contributed by atoms with Crippen LogP contribution in [0.4, 0.5) is 21.0 Å². The average Bonchev–Trinajstić information content (AvgIpc) is 2.75. The van der Waals surface area contributed by atoms with E-state index in [9.17, 15) is 9.59 Å². The molecule has 0 fully saturated rings. The molecule has 0 bridgehead atoms. The number of halogens is 4. The van der Waals surface area contributed by atoms with Crippen LogP contribution in [-0.2, 0) is 13.1 Å². The van der Waals surface area contributed by atoms with Crippen molar-refractivity contribution in [1.82, 2.24) is 10.6 Å². The van der Waals surface area contributed by atoms with E-state index in [0.29, 0.717) is 24.5 Å². The van der Waals surface area contributed by atoms with Gasteiger partial charge in [-0.2, -0.15) is 0 Å². The van der Waals surface area contributed by atoms with Crippen LogP contribution in [0.3, 0.4) is 0 Å². The Balaban J connectivity index is 1.49. The van der Waals surface area contributed by atoms with E-state index >= 15 is 0 Å². The third-order valence-corrected chi connectivity index (χ3v) is 6.55. The number of amides is 4. The van der Waals surface area contributed by atoms with Crippen molar-refractivity contribution in [2.45, 2.75) is 13.1 Å². The maximum absolute atomic E-state index is 12.2. The molecule has 10 heteroatoms. The van der Waals surface area contributed by atoms with Crippen molar-refractivity contribution in [2.75, 3.05) is 10.6 Å². The molecule has 0 saturated heterocycles. The second-order valence-electron chi connectivity index (χ2n) is 6.68. The molecule has 3 aromatic carbocycles. The Bertz CT molecular complexity index is 1060. The molecule has 0 aromatic heterocycles. The number of hydrogen-bond donors (Lipinski definition) is 4. The van der Waals surface area contributed by atoms with E-state index in [1.165, 1.54) is 0 Å². The minimum absolute atomic E-state index is 0.309. The highest BCUT2D eigenvalue weighted by Gasteiger charge is 2.08. The third-order valence-electron chi connectivity index (χ3n) is 4.26. The number of hydrogen-bond acceptors (Lipinski definition) is 2. The van der Waals surface area contributed by atoms with Gasteiger partial charge >= 0.3 is 12.1 Å². The first-order valence-corrected chi connectivity index (χ1v) is 12.5. The highest BCUT2D eigenvalue weighted by atomic mass is 79.9. The maximum atomic E-state index is 12.2. The molecule has 0 heterocycles. The maximum Gasteiger partial charge on any atom is 0.319 e. The Morgan fingerprint density at radius 1 is 0.625 bits per heavy atom. The van der Waals surface area contributed by atoms with Crippen LogP contribution in [0.1, 0.15) is 11.1 Å². The van der Waals surface area contributed by atoms with Gasteiger partial charge in [0.25, 0.3) is 0 Å². The number of nitrogens with one attached hydrogen (secondary N) is 4. The number of carbonyl (C=O) groups is 2. The number of anilines is 2. The molecule has 0 radical (unpaired) electrons. The van der Waals surface area contributed by atoms with Gasteiger partial charge in [-0.25, -0.2) is 9.59 Å². The summed E-state index contributed by atoms with van der Waals surface area (Å²) in [4.78, 5) is 24.4. The zero-order valence-corrected chi connectivity index (χ0v) is 22.9. The zero-order valence-electron chi connectivity index (χ0n) is 16.5. The van der Waals surface area contributed by atoms with Crippen LogP contribution >= 0.6 is 63.7 Å². The van der Waals surface area contributed by atoms with Gasteiger partial charge in [0.05, 0.1) is 11.4 Å². The lowest BCUT2D eigenvalue weighted by molar-refractivity contribution is 0.251. The van der Waals surface area contributed by atoms with Gasteiger partial charge in [-0.1, -0.05) is 56.1 Å². The molecule has 32 heavy (non-hydrogen) atoms. The predicted molar refractivity (Wildman–Crippen MR) is 142 cm³/mol. The van der Waals surface area contributed by atoms with Crippen LogP contribution in [0.25, 0.3) is 0 Å². The molecule has 3 aromatic rings. The van der Waals surface area contributed by atoms with Gasteiger partial charge < -0.3 is 21.3 Å². The fourth-order valence-electron chi connectivity index (χ4n) is 2.73. The number of rotatable bonds is 6. The van der Waals surface area contributed by atoms with E-state index < -0.39 is 0 Å². The Morgan fingerprint density at radius 3 is 1.47 bits per heavy atom. The fraction of sp³-hybridized carbons (Fsp3) is 0.0909. The molecule has 0 aliphatic carbocycles. The molecule has 0 aliphatic heterocycles. The van der Waals surface area contributed by atoms with E-state index in [2.05, 4.69) is 85.0 Å². The third kappa shape index (κ3) is 7.61. The Morgan fingerprint density at radius 2 is 1.06 bits per heavy atom. The lowest BCUT2D eigenvalue weighted by Gasteiger charge is -2.11. The minimum atomic E-state index is -0.309. The quantitative estimate of drug-likeness (QED) is 0.218. The average molecular weight is 690 g/mol. The molecule has 4 N–H and O–H groups in total. The lowest BCUT2D eigenvalue weighted by atomic mass is 10.1. The molecule has 0 aliphatic rings. The smallest absolute Gasteiger partial charge is 0.319 e. The Labute approximate surface area is 219 Å². The van der Waals surface area contributed by atoms with Crippen molar-refractivity contribution < 1.29 is 9.59 Å². The summed E-state index contributed by atoms with van der Waals surface area (Å²) in [7, 11) is 0. The van der Waals surface area contributed by atoms with E-state index in [1.807, 2.05) is 48.5 Å². The van der Waals surface area contributed by atoms with E-state index in [1.54, 1.807) is 12.1 Å². The van der Waals surface area contributed by atoms with Gasteiger partial charge in [0.15, 0.2) is 0 Å². The van der Waals surface area contributed by atoms with Crippen molar-refractivity contribution in [3.8, 4) is 0 Å². The summed E-state index contributed by atoms with van der Waals surface area (Å²) in [5, 5.41) is 11.3. The summed E-state index contributed by atoms with van der Waals surface area (Å²) in [5.41, 5.74) is 3.19. The van der Waals surface area contributed by atoms with Crippen molar-refractivity contribution >= 4 is 87.2 Å². The molecule has 166 valence electrons. The van der Waals surface area contributed by atoms with Crippen LogP contribution in [-0.4, -0.2) is 12.1 Å². The van der Waals surface area contributed by atoms with Gasteiger partial charge in [0, 0.05) is 31.0 Å². The lowest BCUT2D eigenvalue weighted by Crippen LogP contribution is -2.29. The van der Waals surface area contributed by atoms with Crippen molar-refractivity contribution in [2.24, 2.45) is 0 Å². The Hall–Kier alpha value is -1.88. The van der Waals surface area contributed by atoms with Crippen molar-refractivity contribution in [3.63, 3.8) is 0 Å². The topological polar surface area (TPSA) is 82.3 Å². The van der Waals surface area contributed by atoms with Crippen LogP contribution in [0.2, 0.25) is 0 Å². The number of benzene rings is 3. The van der Waals surface area contributed by atoms with E-state index in [4.69, 9.17) is 0 Å². The van der Waals surface area contributed by atoms with Crippen LogP contribution < -0.4 is 21.3 Å². The first kappa shape index (κ1) is 24.8. The molecule has 0 saturated carbocycles. The molecule has 4 amide bonds. The molecule has 0 unspecified atom stereocenters. The van der Waals surface area contributed by atoms with Gasteiger partial charge in [-0.3, -0.25) is 0 Å². The van der Waals surface area contributed by atoms with E-state index in [-0.39, 0.29) is 12.1 Å². The van der Waals surface area contributed by atoms with Crippen LogP contribution in [0.15, 0.2) is 78.6 Å². The van der Waals surface area contributed by atoms with Gasteiger partial charge in [-0.05, 0) is 79.4 Å². The highest BCUT2D eigenvalue weighted by molar-refractivity contribution is 9.11. The normalized spacial score (nSPS) is 10.4. The number of urea groups is 2. The molecular weight excluding hydrogens is 672 g/mol. The molecule has 0 atom stereocenters. The molecule has 3 rings (SSSR count). The second kappa shape index (κ2) is 11.8. The second-order valence-corrected chi connectivity index (χ2v) is 10.2. The molecular formula is C22H18Br4N4O2. The summed E-state index contributed by atoms with van der Waals surface area (Å²) in [6, 6.07) is 18.1. The summed E-state index contributed by atoms with van der Waals surface area (Å²) in [5.74, 6) is 0.